The van der Waals surface area contributed by atoms with Crippen LogP contribution in [0.4, 0.5) is 24.7 Å². The molecule has 4 rings (SSSR count). The molecule has 31 heavy (non-hydrogen) atoms. The highest BCUT2D eigenvalue weighted by Crippen LogP contribution is 2.26. The maximum atomic E-state index is 12.2. The molecule has 0 aliphatic carbocycles. The maximum absolute atomic E-state index is 12.2. The highest BCUT2D eigenvalue weighted by molar-refractivity contribution is 5.57. The van der Waals surface area contributed by atoms with Gasteiger partial charge in [0, 0.05) is 31.5 Å². The molecule has 1 aliphatic rings. The smallest absolute Gasteiger partial charge is 0.406 e. The van der Waals surface area contributed by atoms with Gasteiger partial charge in [-0.25, -0.2) is 4.98 Å². The normalized spacial score (nSPS) is 17.3. The Morgan fingerprint density at radius 2 is 1.81 bits per heavy atom. The first-order chi connectivity index (χ1) is 14.9. The molecule has 0 amide bonds. The highest BCUT2D eigenvalue weighted by atomic mass is 19.4. The SMILES string of the molecule is FC(F)(F)Oc1ccc(Nc2ccc(CN3CCO[C@@H](c4ccccc4)C3)cn2)cc1. The van der Waals surface area contributed by atoms with Crippen molar-refractivity contribution in [1.82, 2.24) is 9.88 Å². The van der Waals surface area contributed by atoms with Gasteiger partial charge in [-0.05, 0) is 41.5 Å². The lowest BCUT2D eigenvalue weighted by Gasteiger charge is -2.33. The van der Waals surface area contributed by atoms with Gasteiger partial charge in [0.15, 0.2) is 0 Å². The second kappa shape index (κ2) is 9.36. The van der Waals surface area contributed by atoms with Gasteiger partial charge in [-0.15, -0.1) is 13.2 Å². The van der Waals surface area contributed by atoms with Crippen molar-refractivity contribution in [1.29, 1.82) is 0 Å². The number of anilines is 2. The first kappa shape index (κ1) is 21.1. The number of ether oxygens (including phenoxy) is 2. The van der Waals surface area contributed by atoms with Gasteiger partial charge >= 0.3 is 6.36 Å². The molecule has 1 saturated heterocycles. The first-order valence-corrected chi connectivity index (χ1v) is 9.91. The molecular weight excluding hydrogens is 407 g/mol. The second-order valence-corrected chi connectivity index (χ2v) is 7.25. The number of hydrogen-bond acceptors (Lipinski definition) is 5. The average Bonchev–Trinajstić information content (AvgIpc) is 2.76. The van der Waals surface area contributed by atoms with Crippen molar-refractivity contribution in [3.8, 4) is 5.75 Å². The number of benzene rings is 2. The van der Waals surface area contributed by atoms with Crippen molar-refractivity contribution in [2.24, 2.45) is 0 Å². The van der Waals surface area contributed by atoms with Gasteiger partial charge in [-0.1, -0.05) is 36.4 Å². The van der Waals surface area contributed by atoms with Gasteiger partial charge in [0.25, 0.3) is 0 Å². The van der Waals surface area contributed by atoms with Gasteiger partial charge in [-0.3, -0.25) is 4.90 Å². The number of nitrogens with one attached hydrogen (secondary N) is 1. The topological polar surface area (TPSA) is 46.6 Å². The van der Waals surface area contributed by atoms with E-state index in [0.717, 1.165) is 25.2 Å². The molecule has 0 bridgehead atoms. The molecule has 5 nitrogen and oxygen atoms in total. The summed E-state index contributed by atoms with van der Waals surface area (Å²) in [6.07, 6.45) is -2.84. The Morgan fingerprint density at radius 3 is 2.48 bits per heavy atom. The van der Waals surface area contributed by atoms with E-state index >= 15 is 0 Å². The number of halogens is 3. The maximum Gasteiger partial charge on any atom is 0.573 e. The Labute approximate surface area is 178 Å². The molecule has 0 radical (unpaired) electrons. The summed E-state index contributed by atoms with van der Waals surface area (Å²) in [5, 5.41) is 3.07. The predicted octanol–water partition coefficient (Wildman–Crippen LogP) is 5.30. The number of aromatic nitrogens is 1. The molecule has 0 spiro atoms. The van der Waals surface area contributed by atoms with E-state index in [0.29, 0.717) is 18.1 Å². The third-order valence-corrected chi connectivity index (χ3v) is 4.91. The molecule has 1 aliphatic heterocycles. The van der Waals surface area contributed by atoms with Crippen LogP contribution in [-0.2, 0) is 11.3 Å². The average molecular weight is 429 g/mol. The fraction of sp³-hybridized carbons (Fsp3) is 0.261. The van der Waals surface area contributed by atoms with Crippen LogP contribution < -0.4 is 10.1 Å². The summed E-state index contributed by atoms with van der Waals surface area (Å²) in [5.41, 5.74) is 2.87. The minimum absolute atomic E-state index is 0.0631. The number of morpholine rings is 1. The zero-order valence-corrected chi connectivity index (χ0v) is 16.7. The Balaban J connectivity index is 1.32. The molecule has 3 aromatic rings. The van der Waals surface area contributed by atoms with Crippen molar-refractivity contribution in [3.63, 3.8) is 0 Å². The van der Waals surface area contributed by atoms with Crippen LogP contribution in [0.5, 0.6) is 5.75 Å². The van der Waals surface area contributed by atoms with Gasteiger partial charge in [-0.2, -0.15) is 0 Å². The lowest BCUT2D eigenvalue weighted by atomic mass is 10.1. The summed E-state index contributed by atoms with van der Waals surface area (Å²) in [7, 11) is 0. The lowest BCUT2D eigenvalue weighted by molar-refractivity contribution is -0.274. The molecule has 1 N–H and O–H groups in total. The van der Waals surface area contributed by atoms with Gasteiger partial charge in [0.05, 0.1) is 12.7 Å². The molecule has 162 valence electrons. The van der Waals surface area contributed by atoms with Crippen molar-refractivity contribution < 1.29 is 22.6 Å². The molecule has 2 aromatic carbocycles. The lowest BCUT2D eigenvalue weighted by Crippen LogP contribution is -2.37. The van der Waals surface area contributed by atoms with E-state index in [-0.39, 0.29) is 11.9 Å². The third kappa shape index (κ3) is 6.19. The Morgan fingerprint density at radius 1 is 1.03 bits per heavy atom. The number of rotatable bonds is 6. The number of alkyl halides is 3. The highest BCUT2D eigenvalue weighted by Gasteiger charge is 2.31. The number of pyridine rings is 1. The van der Waals surface area contributed by atoms with Crippen molar-refractivity contribution in [2.45, 2.75) is 19.0 Å². The van der Waals surface area contributed by atoms with Crippen LogP contribution in [0.3, 0.4) is 0 Å². The van der Waals surface area contributed by atoms with Crippen LogP contribution in [0.2, 0.25) is 0 Å². The Kier molecular flexibility index (Phi) is 6.39. The fourth-order valence-corrected chi connectivity index (χ4v) is 3.45. The van der Waals surface area contributed by atoms with Crippen LogP contribution in [0.25, 0.3) is 0 Å². The van der Waals surface area contributed by atoms with Crippen molar-refractivity contribution in [3.05, 3.63) is 84.1 Å². The summed E-state index contributed by atoms with van der Waals surface area (Å²) in [4.78, 5) is 6.76. The molecule has 2 heterocycles. The fourth-order valence-electron chi connectivity index (χ4n) is 3.45. The molecule has 0 saturated carbocycles. The first-order valence-electron chi connectivity index (χ1n) is 9.91. The summed E-state index contributed by atoms with van der Waals surface area (Å²) in [6.45, 7) is 3.12. The van der Waals surface area contributed by atoms with Crippen LogP contribution in [-0.4, -0.2) is 35.9 Å². The molecule has 1 fully saturated rings. The van der Waals surface area contributed by atoms with Crippen LogP contribution in [0.15, 0.2) is 72.9 Å². The van der Waals surface area contributed by atoms with Crippen molar-refractivity contribution >= 4 is 11.5 Å². The van der Waals surface area contributed by atoms with Gasteiger partial charge in [0.1, 0.15) is 11.6 Å². The molecular formula is C23H22F3N3O2. The largest absolute Gasteiger partial charge is 0.573 e. The van der Waals surface area contributed by atoms with E-state index in [1.165, 1.54) is 29.8 Å². The minimum atomic E-state index is -4.70. The Bertz CT molecular complexity index is 964. The second-order valence-electron chi connectivity index (χ2n) is 7.25. The van der Waals surface area contributed by atoms with E-state index in [1.807, 2.05) is 30.3 Å². The summed E-state index contributed by atoms with van der Waals surface area (Å²) in [6, 6.07) is 19.6. The standard InChI is InChI=1S/C23H22F3N3O2/c24-23(25,26)31-20-9-7-19(8-10-20)28-22-11-6-17(14-27-22)15-29-12-13-30-21(16-29)18-4-2-1-3-5-18/h1-11,14,21H,12-13,15-16H2,(H,27,28)/t21-/m1/s1. The van der Waals surface area contributed by atoms with E-state index in [2.05, 4.69) is 32.1 Å². The summed E-state index contributed by atoms with van der Waals surface area (Å²) >= 11 is 0. The molecule has 1 atom stereocenters. The van der Waals surface area contributed by atoms with E-state index < -0.39 is 6.36 Å². The third-order valence-electron chi connectivity index (χ3n) is 4.91. The van der Waals surface area contributed by atoms with E-state index in [1.54, 1.807) is 6.20 Å². The van der Waals surface area contributed by atoms with E-state index in [4.69, 9.17) is 4.74 Å². The number of nitrogens with zero attached hydrogens (tertiary/aromatic N) is 2. The zero-order chi connectivity index (χ0) is 21.7. The van der Waals surface area contributed by atoms with Crippen LogP contribution in [0, 0.1) is 0 Å². The molecule has 0 unspecified atom stereocenters. The van der Waals surface area contributed by atoms with E-state index in [9.17, 15) is 13.2 Å². The quantitative estimate of drug-likeness (QED) is 0.576. The van der Waals surface area contributed by atoms with Crippen molar-refractivity contribution in [2.75, 3.05) is 25.0 Å². The van der Waals surface area contributed by atoms with Gasteiger partial charge < -0.3 is 14.8 Å². The predicted molar refractivity (Wildman–Crippen MR) is 111 cm³/mol. The minimum Gasteiger partial charge on any atom is -0.406 e. The summed E-state index contributed by atoms with van der Waals surface area (Å²) < 4.78 is 46.5. The Hall–Kier alpha value is -3.10. The summed E-state index contributed by atoms with van der Waals surface area (Å²) in [5.74, 6) is 0.345. The zero-order valence-electron chi connectivity index (χ0n) is 16.7. The van der Waals surface area contributed by atoms with Gasteiger partial charge in [0.2, 0.25) is 0 Å². The number of hydrogen-bond donors (Lipinski definition) is 1. The molecule has 1 aromatic heterocycles. The molecule has 8 heteroatoms. The monoisotopic (exact) mass is 429 g/mol. The van der Waals surface area contributed by atoms with Crippen LogP contribution >= 0.6 is 0 Å². The van der Waals surface area contributed by atoms with Crippen LogP contribution in [0.1, 0.15) is 17.2 Å².